The average Bonchev–Trinajstić information content (AvgIpc) is 3.38. The molecule has 1 aliphatic carbocycles. The van der Waals surface area contributed by atoms with Crippen LogP contribution >= 0.6 is 0 Å². The molecule has 0 saturated carbocycles. The van der Waals surface area contributed by atoms with Gasteiger partial charge in [-0.2, -0.15) is 13.2 Å². The minimum atomic E-state index is -4.51. The number of halogens is 3. The van der Waals surface area contributed by atoms with Crippen LogP contribution < -0.4 is 5.32 Å². The lowest BCUT2D eigenvalue weighted by molar-refractivity contribution is -0.153. The number of alkyl halides is 3. The highest BCUT2D eigenvalue weighted by molar-refractivity contribution is 6.07. The molecule has 2 aliphatic rings. The maximum Gasteiger partial charge on any atom is 0.449 e. The molecule has 5 rings (SSSR count). The van der Waals surface area contributed by atoms with E-state index in [0.717, 1.165) is 39.7 Å². The third-order valence-electron chi connectivity index (χ3n) is 6.33. The van der Waals surface area contributed by atoms with Crippen molar-refractivity contribution in [3.05, 3.63) is 119 Å². The van der Waals surface area contributed by atoms with Gasteiger partial charge in [0.1, 0.15) is 24.0 Å². The van der Waals surface area contributed by atoms with Gasteiger partial charge in [0.25, 0.3) is 0 Å². The predicted molar refractivity (Wildman–Crippen MR) is 131 cm³/mol. The highest BCUT2D eigenvalue weighted by atomic mass is 19.4. The molecule has 0 radical (unpaired) electrons. The topological polar surface area (TPSA) is 59.7 Å². The molecule has 2 unspecified atom stereocenters. The number of pyridine rings is 1. The van der Waals surface area contributed by atoms with E-state index in [1.165, 1.54) is 6.07 Å². The summed E-state index contributed by atoms with van der Waals surface area (Å²) in [6, 6.07) is 12.3. The summed E-state index contributed by atoms with van der Waals surface area (Å²) < 4.78 is 48.5. The molecule has 1 N–H and O–H groups in total. The van der Waals surface area contributed by atoms with Crippen molar-refractivity contribution < 1.29 is 22.3 Å². The van der Waals surface area contributed by atoms with Crippen molar-refractivity contribution in [2.45, 2.75) is 31.2 Å². The lowest BCUT2D eigenvalue weighted by Gasteiger charge is -2.31. The van der Waals surface area contributed by atoms with Gasteiger partial charge in [0, 0.05) is 30.9 Å². The van der Waals surface area contributed by atoms with Crippen molar-refractivity contribution in [3.63, 3.8) is 0 Å². The highest BCUT2D eigenvalue weighted by Crippen LogP contribution is 2.37. The smallest absolute Gasteiger partial charge is 0.449 e. The molecule has 3 aromatic rings. The van der Waals surface area contributed by atoms with Crippen molar-refractivity contribution in [2.24, 2.45) is 4.99 Å². The molecule has 5 nitrogen and oxygen atoms in total. The standard InChI is InChI=1S/C28H24F3N3O2/c1-17-23-11-7-19(14-24(23)27(32-2)34-26(17)20-4-3-13-33-15-20)18-5-8-21(9-6-18)35-16-22-10-12-25(36-22)28(29,30)31/h3-5,7-15,18,26H,1,6,16H2,2H3,(H,32,34). The summed E-state index contributed by atoms with van der Waals surface area (Å²) in [5, 5.41) is 3.49. The number of nitrogens with zero attached hydrogens (tertiary/aromatic N) is 2. The number of nitrogens with one attached hydrogen (secondary N) is 1. The summed E-state index contributed by atoms with van der Waals surface area (Å²) in [6.45, 7) is 4.27. The maximum atomic E-state index is 12.7. The van der Waals surface area contributed by atoms with Crippen LogP contribution in [-0.2, 0) is 17.5 Å². The van der Waals surface area contributed by atoms with E-state index in [0.29, 0.717) is 12.2 Å². The molecule has 0 fully saturated rings. The van der Waals surface area contributed by atoms with E-state index in [1.54, 1.807) is 13.2 Å². The largest absolute Gasteiger partial charge is 0.486 e. The molecule has 0 amide bonds. The summed E-state index contributed by atoms with van der Waals surface area (Å²) in [5.41, 5.74) is 5.14. The fourth-order valence-electron chi connectivity index (χ4n) is 4.46. The zero-order valence-corrected chi connectivity index (χ0v) is 19.5. The number of amidine groups is 1. The number of hydrogen-bond donors (Lipinski definition) is 1. The van der Waals surface area contributed by atoms with Crippen LogP contribution in [0.25, 0.3) is 5.57 Å². The third kappa shape index (κ3) is 4.71. The van der Waals surface area contributed by atoms with Crippen LogP contribution in [0.15, 0.2) is 94.8 Å². The van der Waals surface area contributed by atoms with Crippen LogP contribution in [-0.4, -0.2) is 17.9 Å². The predicted octanol–water partition coefficient (Wildman–Crippen LogP) is 6.57. The number of hydrogen-bond acceptors (Lipinski definition) is 4. The van der Waals surface area contributed by atoms with Gasteiger partial charge in [0.2, 0.25) is 5.76 Å². The molecule has 2 atom stereocenters. The Balaban J connectivity index is 1.28. The third-order valence-corrected chi connectivity index (χ3v) is 6.33. The molecular weight excluding hydrogens is 467 g/mol. The van der Waals surface area contributed by atoms with Gasteiger partial charge in [-0.15, -0.1) is 0 Å². The van der Waals surface area contributed by atoms with Crippen LogP contribution in [0.4, 0.5) is 13.2 Å². The monoisotopic (exact) mass is 491 g/mol. The Bertz CT molecular complexity index is 1370. The number of allylic oxidation sites excluding steroid dienone is 3. The number of benzene rings is 1. The molecule has 184 valence electrons. The van der Waals surface area contributed by atoms with Gasteiger partial charge in [-0.25, -0.2) is 0 Å². The molecule has 0 saturated heterocycles. The first-order valence-electron chi connectivity index (χ1n) is 11.5. The van der Waals surface area contributed by atoms with E-state index in [9.17, 15) is 13.2 Å². The van der Waals surface area contributed by atoms with Crippen LogP contribution in [0.1, 0.15) is 52.2 Å². The first kappa shape index (κ1) is 23.7. The Morgan fingerprint density at radius 2 is 2.03 bits per heavy atom. The van der Waals surface area contributed by atoms with Gasteiger partial charge in [0.15, 0.2) is 0 Å². The molecule has 1 aliphatic heterocycles. The van der Waals surface area contributed by atoms with E-state index in [2.05, 4.69) is 40.1 Å². The first-order valence-corrected chi connectivity index (χ1v) is 11.5. The van der Waals surface area contributed by atoms with Crippen molar-refractivity contribution in [1.82, 2.24) is 10.3 Å². The summed E-state index contributed by atoms with van der Waals surface area (Å²) in [5.74, 6) is 0.617. The van der Waals surface area contributed by atoms with E-state index in [-0.39, 0.29) is 24.3 Å². The Morgan fingerprint density at radius 1 is 1.17 bits per heavy atom. The highest BCUT2D eigenvalue weighted by Gasteiger charge is 2.34. The normalized spacial score (nSPS) is 20.6. The minimum Gasteiger partial charge on any atom is -0.486 e. The summed E-state index contributed by atoms with van der Waals surface area (Å²) in [6.07, 6.45) is 5.57. The van der Waals surface area contributed by atoms with Crippen LogP contribution in [0.3, 0.4) is 0 Å². The fourth-order valence-corrected chi connectivity index (χ4v) is 4.46. The molecular formula is C28H24F3N3O2. The van der Waals surface area contributed by atoms with E-state index < -0.39 is 11.9 Å². The van der Waals surface area contributed by atoms with Gasteiger partial charge in [-0.05, 0) is 65.1 Å². The molecule has 8 heteroatoms. The zero-order chi connectivity index (χ0) is 25.3. The number of fused-ring (bicyclic) bond motifs is 1. The number of furan rings is 1. The van der Waals surface area contributed by atoms with E-state index in [4.69, 9.17) is 9.15 Å². The van der Waals surface area contributed by atoms with Crippen molar-refractivity contribution in [1.29, 1.82) is 0 Å². The first-order chi connectivity index (χ1) is 17.3. The van der Waals surface area contributed by atoms with E-state index >= 15 is 0 Å². The Kier molecular flexibility index (Phi) is 6.26. The van der Waals surface area contributed by atoms with Gasteiger partial charge >= 0.3 is 6.18 Å². The average molecular weight is 492 g/mol. The molecule has 36 heavy (non-hydrogen) atoms. The van der Waals surface area contributed by atoms with Crippen LogP contribution in [0, 0.1) is 0 Å². The quantitative estimate of drug-likeness (QED) is 0.439. The lowest BCUT2D eigenvalue weighted by Crippen LogP contribution is -2.35. The second kappa shape index (κ2) is 9.53. The number of ether oxygens (including phenoxy) is 1. The van der Waals surface area contributed by atoms with Crippen molar-refractivity contribution in [2.75, 3.05) is 7.05 Å². The van der Waals surface area contributed by atoms with Gasteiger partial charge < -0.3 is 14.5 Å². The molecule has 1 aromatic carbocycles. The fraction of sp³-hybridized carbons (Fsp3) is 0.214. The Labute approximate surface area is 206 Å². The van der Waals surface area contributed by atoms with Crippen molar-refractivity contribution in [3.8, 4) is 0 Å². The molecule has 0 spiro atoms. The number of aromatic nitrogens is 1. The van der Waals surface area contributed by atoms with E-state index in [1.807, 2.05) is 36.6 Å². The van der Waals surface area contributed by atoms with Gasteiger partial charge in [-0.1, -0.05) is 30.9 Å². The number of rotatable bonds is 5. The van der Waals surface area contributed by atoms with Crippen molar-refractivity contribution >= 4 is 11.4 Å². The lowest BCUT2D eigenvalue weighted by atomic mass is 9.83. The summed E-state index contributed by atoms with van der Waals surface area (Å²) in [4.78, 5) is 8.71. The van der Waals surface area contributed by atoms with Crippen LogP contribution in [0.5, 0.6) is 0 Å². The summed E-state index contributed by atoms with van der Waals surface area (Å²) in [7, 11) is 1.76. The molecule has 3 heterocycles. The summed E-state index contributed by atoms with van der Waals surface area (Å²) >= 11 is 0. The Morgan fingerprint density at radius 3 is 2.69 bits per heavy atom. The van der Waals surface area contributed by atoms with Gasteiger partial charge in [0.05, 0.1) is 6.04 Å². The second-order valence-electron chi connectivity index (χ2n) is 8.63. The SMILES string of the molecule is C=C1c2ccc(C3C=CC(OCc4ccc(C(F)(F)F)o4)=CC3)cc2C(=NC)NC1c1cccnc1. The minimum absolute atomic E-state index is 0.0715. The van der Waals surface area contributed by atoms with Gasteiger partial charge in [-0.3, -0.25) is 9.98 Å². The van der Waals surface area contributed by atoms with Crippen LogP contribution in [0.2, 0.25) is 0 Å². The Hall–Kier alpha value is -4.07. The molecule has 2 aromatic heterocycles. The number of aliphatic imine (C=N–C) groups is 1. The second-order valence-corrected chi connectivity index (χ2v) is 8.63. The zero-order valence-electron chi connectivity index (χ0n) is 19.5. The maximum absolute atomic E-state index is 12.7. The molecule has 0 bridgehead atoms.